The van der Waals surface area contributed by atoms with Gasteiger partial charge in [0.2, 0.25) is 5.91 Å². The number of carbonyl (C=O) groups excluding carboxylic acids is 1. The Morgan fingerprint density at radius 1 is 1.17 bits per heavy atom. The quantitative estimate of drug-likeness (QED) is 0.528. The number of rotatable bonds is 6. The Balaban J connectivity index is 1.67. The zero-order valence-corrected chi connectivity index (χ0v) is 16.9. The van der Waals surface area contributed by atoms with Gasteiger partial charge in [0.25, 0.3) is 0 Å². The lowest BCUT2D eigenvalue weighted by atomic mass is 10.1. The molecule has 0 saturated heterocycles. The van der Waals surface area contributed by atoms with E-state index in [4.69, 9.17) is 9.72 Å². The van der Waals surface area contributed by atoms with E-state index in [9.17, 15) is 4.79 Å². The number of aryl methyl sites for hydroxylation is 2. The third-order valence-electron chi connectivity index (χ3n) is 4.96. The molecule has 148 valence electrons. The molecule has 0 fully saturated rings. The van der Waals surface area contributed by atoms with Gasteiger partial charge in [-0.2, -0.15) is 5.10 Å². The van der Waals surface area contributed by atoms with Crippen LogP contribution >= 0.6 is 0 Å². The SMILES string of the molecule is CCCn1nc(NC(=O)Cc2ccc(OC)cc2)c2cc3cccc(C)c3nc21. The van der Waals surface area contributed by atoms with Gasteiger partial charge in [0.1, 0.15) is 5.75 Å². The fourth-order valence-corrected chi connectivity index (χ4v) is 3.50. The van der Waals surface area contributed by atoms with Crippen LogP contribution in [-0.4, -0.2) is 27.8 Å². The van der Waals surface area contributed by atoms with Crippen molar-refractivity contribution in [2.24, 2.45) is 0 Å². The monoisotopic (exact) mass is 388 g/mol. The molecule has 4 aromatic rings. The minimum atomic E-state index is -0.109. The van der Waals surface area contributed by atoms with Crippen LogP contribution < -0.4 is 10.1 Å². The second kappa shape index (κ2) is 7.91. The van der Waals surface area contributed by atoms with Crippen molar-refractivity contribution in [3.63, 3.8) is 0 Å². The van der Waals surface area contributed by atoms with Crippen LogP contribution in [0.3, 0.4) is 0 Å². The predicted octanol–water partition coefficient (Wildman–Crippen LogP) is 4.49. The molecule has 0 aliphatic rings. The lowest BCUT2D eigenvalue weighted by Gasteiger charge is -2.05. The van der Waals surface area contributed by atoms with E-state index in [0.29, 0.717) is 5.82 Å². The first-order valence-corrected chi connectivity index (χ1v) is 9.78. The summed E-state index contributed by atoms with van der Waals surface area (Å²) in [6, 6.07) is 15.7. The maximum Gasteiger partial charge on any atom is 0.230 e. The molecule has 0 atom stereocenters. The van der Waals surface area contributed by atoms with E-state index in [-0.39, 0.29) is 12.3 Å². The van der Waals surface area contributed by atoms with Crippen LogP contribution in [0.5, 0.6) is 5.75 Å². The van der Waals surface area contributed by atoms with Gasteiger partial charge in [-0.25, -0.2) is 9.67 Å². The summed E-state index contributed by atoms with van der Waals surface area (Å²) in [6.07, 6.45) is 1.20. The number of anilines is 1. The molecule has 0 unspecified atom stereocenters. The Morgan fingerprint density at radius 3 is 2.69 bits per heavy atom. The summed E-state index contributed by atoms with van der Waals surface area (Å²) in [4.78, 5) is 17.5. The van der Waals surface area contributed by atoms with E-state index in [1.54, 1.807) is 7.11 Å². The Labute approximate surface area is 169 Å². The third-order valence-corrected chi connectivity index (χ3v) is 4.96. The number of hydrogen-bond acceptors (Lipinski definition) is 4. The fourth-order valence-electron chi connectivity index (χ4n) is 3.50. The number of carbonyl (C=O) groups is 1. The Morgan fingerprint density at radius 2 is 1.97 bits per heavy atom. The Hall–Kier alpha value is -3.41. The molecule has 0 radical (unpaired) electrons. The van der Waals surface area contributed by atoms with Crippen molar-refractivity contribution in [1.82, 2.24) is 14.8 Å². The number of nitrogens with zero attached hydrogens (tertiary/aromatic N) is 3. The van der Waals surface area contributed by atoms with Crippen LogP contribution in [0.15, 0.2) is 48.5 Å². The molecule has 0 spiro atoms. The van der Waals surface area contributed by atoms with Crippen LogP contribution in [0.2, 0.25) is 0 Å². The number of methoxy groups -OCH3 is 1. The second-order valence-electron chi connectivity index (χ2n) is 7.15. The summed E-state index contributed by atoms with van der Waals surface area (Å²) in [6.45, 7) is 4.90. The van der Waals surface area contributed by atoms with Crippen molar-refractivity contribution in [2.45, 2.75) is 33.2 Å². The molecule has 1 N–H and O–H groups in total. The molecule has 0 saturated carbocycles. The van der Waals surface area contributed by atoms with Gasteiger partial charge in [0.05, 0.1) is 24.4 Å². The van der Waals surface area contributed by atoms with Gasteiger partial charge >= 0.3 is 0 Å². The summed E-state index contributed by atoms with van der Waals surface area (Å²) >= 11 is 0. The number of amides is 1. The zero-order chi connectivity index (χ0) is 20.4. The number of aromatic nitrogens is 3. The Bertz CT molecular complexity index is 1180. The maximum absolute atomic E-state index is 12.7. The van der Waals surface area contributed by atoms with E-state index < -0.39 is 0 Å². The van der Waals surface area contributed by atoms with E-state index in [1.165, 1.54) is 0 Å². The molecule has 2 heterocycles. The van der Waals surface area contributed by atoms with Crippen LogP contribution in [0.25, 0.3) is 21.9 Å². The van der Waals surface area contributed by atoms with Gasteiger partial charge in [-0.3, -0.25) is 4.79 Å². The van der Waals surface area contributed by atoms with Crippen LogP contribution in [0.1, 0.15) is 24.5 Å². The third kappa shape index (κ3) is 3.78. The number of ether oxygens (including phenoxy) is 1. The second-order valence-corrected chi connectivity index (χ2v) is 7.15. The first kappa shape index (κ1) is 18.9. The van der Waals surface area contributed by atoms with E-state index in [1.807, 2.05) is 41.1 Å². The average molecular weight is 388 g/mol. The standard InChI is InChI=1S/C23H24N4O2/c1-4-12-27-23-19(14-17-7-5-6-15(2)21(17)25-23)22(26-27)24-20(28)13-16-8-10-18(29-3)11-9-16/h5-11,14H,4,12-13H2,1-3H3,(H,24,26,28). The highest BCUT2D eigenvalue weighted by Gasteiger charge is 2.16. The molecule has 4 rings (SSSR count). The van der Waals surface area contributed by atoms with Gasteiger partial charge in [-0.1, -0.05) is 37.3 Å². The molecule has 6 heteroatoms. The number of benzene rings is 2. The Kier molecular flexibility index (Phi) is 5.16. The minimum Gasteiger partial charge on any atom is -0.497 e. The summed E-state index contributed by atoms with van der Waals surface area (Å²) in [5, 5.41) is 9.52. The fraction of sp³-hybridized carbons (Fsp3) is 0.261. The molecule has 2 aromatic heterocycles. The summed E-state index contributed by atoms with van der Waals surface area (Å²) in [5.74, 6) is 1.22. The first-order chi connectivity index (χ1) is 14.1. The average Bonchev–Trinajstić information content (AvgIpc) is 3.04. The number of fused-ring (bicyclic) bond motifs is 2. The molecule has 1 amide bonds. The molecule has 0 aliphatic heterocycles. The number of hydrogen-bond donors (Lipinski definition) is 1. The lowest BCUT2D eigenvalue weighted by Crippen LogP contribution is -2.15. The predicted molar refractivity (Wildman–Crippen MR) is 115 cm³/mol. The molecular weight excluding hydrogens is 364 g/mol. The van der Waals surface area contributed by atoms with Crippen LogP contribution in [0.4, 0.5) is 5.82 Å². The summed E-state index contributed by atoms with van der Waals surface area (Å²) < 4.78 is 7.05. The molecule has 0 bridgehead atoms. The molecule has 0 aliphatic carbocycles. The first-order valence-electron chi connectivity index (χ1n) is 9.78. The van der Waals surface area contributed by atoms with Crippen LogP contribution in [-0.2, 0) is 17.8 Å². The topological polar surface area (TPSA) is 69.0 Å². The molecule has 29 heavy (non-hydrogen) atoms. The zero-order valence-electron chi connectivity index (χ0n) is 16.9. The number of nitrogens with one attached hydrogen (secondary N) is 1. The highest BCUT2D eigenvalue weighted by molar-refractivity contribution is 6.03. The highest BCUT2D eigenvalue weighted by atomic mass is 16.5. The van der Waals surface area contributed by atoms with Gasteiger partial charge in [0, 0.05) is 11.9 Å². The molecule has 6 nitrogen and oxygen atoms in total. The minimum absolute atomic E-state index is 0.109. The molecule has 2 aromatic carbocycles. The van der Waals surface area contributed by atoms with Crippen molar-refractivity contribution in [3.05, 3.63) is 59.7 Å². The highest BCUT2D eigenvalue weighted by Crippen LogP contribution is 2.27. The van der Waals surface area contributed by atoms with E-state index in [2.05, 4.69) is 36.4 Å². The molecular formula is C23H24N4O2. The van der Waals surface area contributed by atoms with Gasteiger partial charge in [-0.15, -0.1) is 0 Å². The van der Waals surface area contributed by atoms with Crippen molar-refractivity contribution in [3.8, 4) is 5.75 Å². The van der Waals surface area contributed by atoms with Gasteiger partial charge < -0.3 is 10.1 Å². The van der Waals surface area contributed by atoms with Gasteiger partial charge in [0.15, 0.2) is 11.5 Å². The largest absolute Gasteiger partial charge is 0.497 e. The van der Waals surface area contributed by atoms with Gasteiger partial charge in [-0.05, 0) is 42.7 Å². The van der Waals surface area contributed by atoms with E-state index in [0.717, 1.165) is 51.8 Å². The normalized spacial score (nSPS) is 11.1. The smallest absolute Gasteiger partial charge is 0.230 e. The van der Waals surface area contributed by atoms with Crippen molar-refractivity contribution < 1.29 is 9.53 Å². The number of para-hydroxylation sites is 1. The summed E-state index contributed by atoms with van der Waals surface area (Å²) in [7, 11) is 1.62. The van der Waals surface area contributed by atoms with Crippen molar-refractivity contribution in [1.29, 1.82) is 0 Å². The number of pyridine rings is 1. The van der Waals surface area contributed by atoms with E-state index >= 15 is 0 Å². The van der Waals surface area contributed by atoms with Crippen molar-refractivity contribution in [2.75, 3.05) is 12.4 Å². The summed E-state index contributed by atoms with van der Waals surface area (Å²) in [5.41, 5.74) is 3.81. The maximum atomic E-state index is 12.7. The lowest BCUT2D eigenvalue weighted by molar-refractivity contribution is -0.115. The van der Waals surface area contributed by atoms with Crippen molar-refractivity contribution >= 4 is 33.7 Å². The van der Waals surface area contributed by atoms with Crippen LogP contribution in [0, 0.1) is 6.92 Å².